The molecule has 1 rings (SSSR count). The van der Waals surface area contributed by atoms with E-state index >= 15 is 0 Å². The predicted octanol–water partition coefficient (Wildman–Crippen LogP) is 1.32. The number of hydrogen-bond acceptors (Lipinski definition) is 3. The molecule has 1 heterocycles. The molecule has 1 unspecified atom stereocenters. The van der Waals surface area contributed by atoms with Crippen molar-refractivity contribution in [1.82, 2.24) is 10.6 Å². The molecule has 0 spiro atoms. The van der Waals surface area contributed by atoms with Crippen LogP contribution in [0, 0.1) is 11.8 Å². The smallest absolute Gasteiger partial charge is 0.223 e. The van der Waals surface area contributed by atoms with Crippen LogP contribution in [0.5, 0.6) is 0 Å². The average Bonchev–Trinajstić information content (AvgIpc) is 2.34. The van der Waals surface area contributed by atoms with Crippen molar-refractivity contribution in [2.75, 3.05) is 19.7 Å². The highest BCUT2D eigenvalue weighted by atomic mass is 35.5. The number of rotatable bonds is 6. The minimum Gasteiger partial charge on any atom is -0.396 e. The van der Waals surface area contributed by atoms with Crippen molar-refractivity contribution in [3.8, 4) is 0 Å². The van der Waals surface area contributed by atoms with Crippen molar-refractivity contribution in [2.45, 2.75) is 45.6 Å². The molecule has 18 heavy (non-hydrogen) atoms. The van der Waals surface area contributed by atoms with Crippen LogP contribution in [0.15, 0.2) is 0 Å². The lowest BCUT2D eigenvalue weighted by Crippen LogP contribution is -2.42. The molecular weight excluding hydrogens is 252 g/mol. The monoisotopic (exact) mass is 278 g/mol. The Hall–Kier alpha value is -0.320. The minimum atomic E-state index is 0. The van der Waals surface area contributed by atoms with Crippen LogP contribution in [0.1, 0.15) is 39.5 Å². The number of aliphatic hydroxyl groups excluding tert-OH is 1. The van der Waals surface area contributed by atoms with Gasteiger partial charge in [-0.1, -0.05) is 6.92 Å². The van der Waals surface area contributed by atoms with Crippen LogP contribution in [-0.4, -0.2) is 36.8 Å². The summed E-state index contributed by atoms with van der Waals surface area (Å²) in [5.41, 5.74) is 0. The van der Waals surface area contributed by atoms with Gasteiger partial charge in [0.2, 0.25) is 5.91 Å². The molecule has 5 heteroatoms. The van der Waals surface area contributed by atoms with Gasteiger partial charge in [0.15, 0.2) is 0 Å². The molecule has 3 atom stereocenters. The second-order valence-corrected chi connectivity index (χ2v) is 5.30. The number of carbonyl (C=O) groups excluding carboxylic acids is 1. The third kappa shape index (κ3) is 6.57. The Morgan fingerprint density at radius 1 is 1.56 bits per heavy atom. The number of aliphatic hydroxyl groups is 1. The van der Waals surface area contributed by atoms with Gasteiger partial charge in [0.1, 0.15) is 0 Å². The molecule has 3 N–H and O–H groups in total. The number of piperidine rings is 1. The second kappa shape index (κ2) is 9.59. The van der Waals surface area contributed by atoms with Gasteiger partial charge in [-0.05, 0) is 45.1 Å². The van der Waals surface area contributed by atoms with E-state index in [0.29, 0.717) is 12.0 Å². The molecule has 1 saturated heterocycles. The Bertz CT molecular complexity index is 239. The van der Waals surface area contributed by atoms with Crippen LogP contribution in [0.25, 0.3) is 0 Å². The summed E-state index contributed by atoms with van der Waals surface area (Å²) in [4.78, 5) is 11.9. The van der Waals surface area contributed by atoms with E-state index in [1.165, 1.54) is 0 Å². The maximum atomic E-state index is 11.9. The second-order valence-electron chi connectivity index (χ2n) is 5.30. The molecule has 1 aliphatic rings. The number of hydrogen-bond donors (Lipinski definition) is 3. The summed E-state index contributed by atoms with van der Waals surface area (Å²) in [6, 6.07) is 0.453. The Balaban J connectivity index is 0.00000289. The lowest BCUT2D eigenvalue weighted by molar-refractivity contribution is -0.126. The first-order valence-electron chi connectivity index (χ1n) is 6.75. The van der Waals surface area contributed by atoms with Crippen molar-refractivity contribution in [3.05, 3.63) is 0 Å². The van der Waals surface area contributed by atoms with E-state index in [2.05, 4.69) is 17.6 Å². The average molecular weight is 279 g/mol. The number of nitrogens with one attached hydrogen (secondary N) is 2. The highest BCUT2D eigenvalue weighted by Crippen LogP contribution is 2.15. The maximum absolute atomic E-state index is 11.9. The molecule has 1 aliphatic heterocycles. The van der Waals surface area contributed by atoms with Gasteiger partial charge >= 0.3 is 0 Å². The zero-order valence-corrected chi connectivity index (χ0v) is 12.3. The third-order valence-electron chi connectivity index (χ3n) is 3.48. The van der Waals surface area contributed by atoms with Crippen molar-refractivity contribution in [3.63, 3.8) is 0 Å². The van der Waals surface area contributed by atoms with E-state index in [4.69, 9.17) is 5.11 Å². The molecule has 0 aromatic heterocycles. The fourth-order valence-corrected chi connectivity index (χ4v) is 2.27. The van der Waals surface area contributed by atoms with E-state index in [0.717, 1.165) is 38.8 Å². The summed E-state index contributed by atoms with van der Waals surface area (Å²) < 4.78 is 0. The molecular formula is C13H27ClN2O2. The number of halogens is 1. The standard InChI is InChI=1S/C13H26N2O2.ClH/c1-10(9-16)4-3-6-15-13(17)12-5-7-14-11(2)8-12;/h10-12,14,16H,3-9H2,1-2H3,(H,15,17);1H/t10?,11-,12-;/m0./s1. The Kier molecular flexibility index (Phi) is 9.42. The fourth-order valence-electron chi connectivity index (χ4n) is 2.27. The van der Waals surface area contributed by atoms with Crippen LogP contribution in [0.2, 0.25) is 0 Å². The zero-order chi connectivity index (χ0) is 12.7. The lowest BCUT2D eigenvalue weighted by Gasteiger charge is -2.27. The van der Waals surface area contributed by atoms with Gasteiger partial charge < -0.3 is 15.7 Å². The van der Waals surface area contributed by atoms with E-state index in [-0.39, 0.29) is 30.8 Å². The van der Waals surface area contributed by atoms with Gasteiger partial charge in [-0.25, -0.2) is 0 Å². The first-order chi connectivity index (χ1) is 8.13. The van der Waals surface area contributed by atoms with Crippen LogP contribution in [-0.2, 0) is 4.79 Å². The van der Waals surface area contributed by atoms with Crippen LogP contribution >= 0.6 is 12.4 Å². The highest BCUT2D eigenvalue weighted by Gasteiger charge is 2.24. The van der Waals surface area contributed by atoms with Crippen LogP contribution in [0.4, 0.5) is 0 Å². The topological polar surface area (TPSA) is 61.4 Å². The quantitative estimate of drug-likeness (QED) is 0.642. The molecule has 0 aromatic rings. The van der Waals surface area contributed by atoms with Gasteiger partial charge in [-0.2, -0.15) is 0 Å². The van der Waals surface area contributed by atoms with Crippen molar-refractivity contribution >= 4 is 18.3 Å². The molecule has 0 aliphatic carbocycles. The molecule has 0 bridgehead atoms. The highest BCUT2D eigenvalue weighted by molar-refractivity contribution is 5.85. The summed E-state index contributed by atoms with van der Waals surface area (Å²) in [5, 5.41) is 15.2. The molecule has 4 nitrogen and oxygen atoms in total. The van der Waals surface area contributed by atoms with Crippen molar-refractivity contribution in [1.29, 1.82) is 0 Å². The van der Waals surface area contributed by atoms with E-state index in [1.807, 2.05) is 6.92 Å². The number of amides is 1. The van der Waals surface area contributed by atoms with Gasteiger partial charge in [0, 0.05) is 25.1 Å². The lowest BCUT2D eigenvalue weighted by atomic mass is 9.92. The number of carbonyl (C=O) groups is 1. The molecule has 0 aromatic carbocycles. The molecule has 1 amide bonds. The van der Waals surface area contributed by atoms with Gasteiger partial charge in [-0.3, -0.25) is 4.79 Å². The zero-order valence-electron chi connectivity index (χ0n) is 11.4. The summed E-state index contributed by atoms with van der Waals surface area (Å²) in [7, 11) is 0. The molecule has 108 valence electrons. The van der Waals surface area contributed by atoms with Gasteiger partial charge in [0.05, 0.1) is 0 Å². The Labute approximate surface area is 116 Å². The Morgan fingerprint density at radius 2 is 2.28 bits per heavy atom. The van der Waals surface area contributed by atoms with Gasteiger partial charge in [-0.15, -0.1) is 12.4 Å². The first kappa shape index (κ1) is 17.7. The summed E-state index contributed by atoms with van der Waals surface area (Å²) >= 11 is 0. The van der Waals surface area contributed by atoms with E-state index < -0.39 is 0 Å². The maximum Gasteiger partial charge on any atom is 0.223 e. The SMILES string of the molecule is CC(CO)CCCNC(=O)[C@H]1CCN[C@@H](C)C1.Cl. The normalized spacial score (nSPS) is 25.1. The predicted molar refractivity (Wildman–Crippen MR) is 75.9 cm³/mol. The van der Waals surface area contributed by atoms with Crippen LogP contribution < -0.4 is 10.6 Å². The fraction of sp³-hybridized carbons (Fsp3) is 0.923. The largest absolute Gasteiger partial charge is 0.396 e. The first-order valence-corrected chi connectivity index (χ1v) is 6.75. The summed E-state index contributed by atoms with van der Waals surface area (Å²) in [6.07, 6.45) is 3.81. The Morgan fingerprint density at radius 3 is 2.89 bits per heavy atom. The van der Waals surface area contributed by atoms with Gasteiger partial charge in [0.25, 0.3) is 0 Å². The minimum absolute atomic E-state index is 0. The van der Waals surface area contributed by atoms with Crippen LogP contribution in [0.3, 0.4) is 0 Å². The molecule has 0 radical (unpaired) electrons. The van der Waals surface area contributed by atoms with E-state index in [9.17, 15) is 4.79 Å². The van der Waals surface area contributed by atoms with E-state index in [1.54, 1.807) is 0 Å². The summed E-state index contributed by atoms with van der Waals surface area (Å²) in [6.45, 7) is 6.07. The molecule has 0 saturated carbocycles. The third-order valence-corrected chi connectivity index (χ3v) is 3.48. The van der Waals surface area contributed by atoms with Crippen molar-refractivity contribution < 1.29 is 9.90 Å². The van der Waals surface area contributed by atoms with Crippen molar-refractivity contribution in [2.24, 2.45) is 11.8 Å². The molecule has 1 fully saturated rings. The summed E-state index contributed by atoms with van der Waals surface area (Å²) in [5.74, 6) is 0.724.